The number of nitrogens with zero attached hydrogens (tertiary/aromatic N) is 1. The third-order valence-corrected chi connectivity index (χ3v) is 4.51. The van der Waals surface area contributed by atoms with E-state index in [1.54, 1.807) is 6.92 Å². The van der Waals surface area contributed by atoms with Crippen molar-refractivity contribution in [2.45, 2.75) is 18.4 Å². The van der Waals surface area contributed by atoms with E-state index in [4.69, 9.17) is 0 Å². The van der Waals surface area contributed by atoms with E-state index in [0.29, 0.717) is 5.57 Å². The molecule has 7 heteroatoms. The predicted molar refractivity (Wildman–Crippen MR) is 73.8 cm³/mol. The minimum absolute atomic E-state index is 0.0700. The van der Waals surface area contributed by atoms with Crippen molar-refractivity contribution < 1.29 is 17.2 Å². The molecule has 0 aliphatic heterocycles. The molecule has 4 nitrogen and oxygen atoms in total. The van der Waals surface area contributed by atoms with Crippen molar-refractivity contribution in [1.29, 1.82) is 0 Å². The number of rotatable bonds is 6. The summed E-state index contributed by atoms with van der Waals surface area (Å²) in [5.74, 6) is -1.84. The van der Waals surface area contributed by atoms with E-state index < -0.39 is 26.6 Å². The van der Waals surface area contributed by atoms with Crippen LogP contribution in [0.15, 0.2) is 29.2 Å². The number of hydrogen-bond donors (Lipinski definition) is 1. The molecule has 0 unspecified atom stereocenters. The first kappa shape index (κ1) is 16.7. The molecular formula is C13H18F2N2O2S. The summed E-state index contributed by atoms with van der Waals surface area (Å²) >= 11 is 0. The molecule has 0 radical (unpaired) electrons. The molecule has 0 bridgehead atoms. The van der Waals surface area contributed by atoms with Crippen molar-refractivity contribution in [1.82, 2.24) is 9.62 Å². The van der Waals surface area contributed by atoms with Gasteiger partial charge in [0.15, 0.2) is 5.82 Å². The van der Waals surface area contributed by atoms with Gasteiger partial charge in [-0.05, 0) is 26.1 Å². The van der Waals surface area contributed by atoms with E-state index >= 15 is 0 Å². The summed E-state index contributed by atoms with van der Waals surface area (Å²) in [5.41, 5.74) is 0.325. The number of halogens is 2. The van der Waals surface area contributed by atoms with Gasteiger partial charge in [-0.2, -0.15) is 4.31 Å². The van der Waals surface area contributed by atoms with Gasteiger partial charge in [0.25, 0.3) is 0 Å². The van der Waals surface area contributed by atoms with Crippen molar-refractivity contribution >= 4 is 10.0 Å². The first-order valence-electron chi connectivity index (χ1n) is 5.94. The highest BCUT2D eigenvalue weighted by molar-refractivity contribution is 7.89. The van der Waals surface area contributed by atoms with Crippen LogP contribution in [0, 0.1) is 11.6 Å². The number of hydrogen-bond acceptors (Lipinski definition) is 3. The Balaban J connectivity index is 3.32. The lowest BCUT2D eigenvalue weighted by molar-refractivity contribution is 0.476. The lowest BCUT2D eigenvalue weighted by Gasteiger charge is -2.18. The van der Waals surface area contributed by atoms with Gasteiger partial charge in [-0.15, -0.1) is 0 Å². The van der Waals surface area contributed by atoms with Crippen LogP contribution in [0.4, 0.5) is 8.78 Å². The van der Waals surface area contributed by atoms with Gasteiger partial charge in [0.05, 0.1) is 0 Å². The average Bonchev–Trinajstić information content (AvgIpc) is 2.33. The van der Waals surface area contributed by atoms with Gasteiger partial charge >= 0.3 is 0 Å². The first-order chi connectivity index (χ1) is 9.21. The van der Waals surface area contributed by atoms with Gasteiger partial charge in [0.2, 0.25) is 10.0 Å². The quantitative estimate of drug-likeness (QED) is 0.816. The fourth-order valence-electron chi connectivity index (χ4n) is 1.75. The molecule has 0 aliphatic rings. The van der Waals surface area contributed by atoms with Crippen molar-refractivity contribution in [2.75, 3.05) is 20.6 Å². The highest BCUT2D eigenvalue weighted by Gasteiger charge is 2.27. The molecular weight excluding hydrogens is 286 g/mol. The SMILES string of the molecule is C=C(C)CN(C)S(=O)(=O)c1ccc(F)c(CNC)c1F. The minimum atomic E-state index is -4.02. The fraction of sp³-hybridized carbons (Fsp3) is 0.385. The monoisotopic (exact) mass is 304 g/mol. The maximum absolute atomic E-state index is 14.2. The van der Waals surface area contributed by atoms with Gasteiger partial charge in [-0.3, -0.25) is 0 Å². The lowest BCUT2D eigenvalue weighted by atomic mass is 10.2. The standard InChI is InChI=1S/C13H18F2N2O2S/c1-9(2)8-17(4)20(18,19)12-6-5-11(14)10(7-16-3)13(12)15/h5-6,16H,1,7-8H2,2-4H3. The lowest BCUT2D eigenvalue weighted by Crippen LogP contribution is -2.29. The summed E-state index contributed by atoms with van der Waals surface area (Å²) in [4.78, 5) is -0.534. The zero-order valence-corrected chi connectivity index (χ0v) is 12.5. The molecule has 112 valence electrons. The smallest absolute Gasteiger partial charge is 0.246 e. The van der Waals surface area contributed by atoms with Crippen LogP contribution in [0.3, 0.4) is 0 Å². The second-order valence-corrected chi connectivity index (χ2v) is 6.60. The van der Waals surface area contributed by atoms with Gasteiger partial charge in [0.1, 0.15) is 10.7 Å². The van der Waals surface area contributed by atoms with Crippen LogP contribution < -0.4 is 5.32 Å². The van der Waals surface area contributed by atoms with Crippen LogP contribution in [0.1, 0.15) is 12.5 Å². The first-order valence-corrected chi connectivity index (χ1v) is 7.38. The predicted octanol–water partition coefficient (Wildman–Crippen LogP) is 1.88. The third-order valence-electron chi connectivity index (χ3n) is 2.68. The number of nitrogens with one attached hydrogen (secondary N) is 1. The van der Waals surface area contributed by atoms with E-state index in [1.165, 1.54) is 14.1 Å². The topological polar surface area (TPSA) is 49.4 Å². The highest BCUT2D eigenvalue weighted by Crippen LogP contribution is 2.23. The maximum Gasteiger partial charge on any atom is 0.246 e. The van der Waals surface area contributed by atoms with Crippen LogP contribution in [-0.2, 0) is 16.6 Å². The molecule has 20 heavy (non-hydrogen) atoms. The summed E-state index contributed by atoms with van der Waals surface area (Å²) in [6.45, 7) is 5.26. The largest absolute Gasteiger partial charge is 0.315 e. The molecule has 0 saturated carbocycles. The van der Waals surface area contributed by atoms with Crippen molar-refractivity contribution in [2.24, 2.45) is 0 Å². The van der Waals surface area contributed by atoms with Crippen molar-refractivity contribution in [3.8, 4) is 0 Å². The minimum Gasteiger partial charge on any atom is -0.315 e. The molecule has 1 N–H and O–H groups in total. The van der Waals surface area contributed by atoms with Crippen molar-refractivity contribution in [3.05, 3.63) is 41.5 Å². The molecule has 0 saturated heterocycles. The summed E-state index contributed by atoms with van der Waals surface area (Å²) in [5, 5.41) is 2.60. The fourth-order valence-corrected chi connectivity index (χ4v) is 3.06. The number of likely N-dealkylation sites (N-methyl/N-ethyl adjacent to an activating group) is 1. The molecule has 0 atom stereocenters. The third kappa shape index (κ3) is 3.41. The Labute approximate surface area is 118 Å². The van der Waals surface area contributed by atoms with Crippen LogP contribution >= 0.6 is 0 Å². The van der Waals surface area contributed by atoms with E-state index in [-0.39, 0.29) is 18.7 Å². The summed E-state index contributed by atoms with van der Waals surface area (Å²) < 4.78 is 53.2. The van der Waals surface area contributed by atoms with Crippen LogP contribution in [0.5, 0.6) is 0 Å². The molecule has 1 aromatic rings. The van der Waals surface area contributed by atoms with E-state index in [1.807, 2.05) is 0 Å². The van der Waals surface area contributed by atoms with Gasteiger partial charge in [-0.1, -0.05) is 12.2 Å². The second-order valence-electron chi connectivity index (χ2n) is 4.59. The van der Waals surface area contributed by atoms with E-state index in [9.17, 15) is 17.2 Å². The number of benzene rings is 1. The normalized spacial score (nSPS) is 11.9. The maximum atomic E-state index is 14.2. The van der Waals surface area contributed by atoms with Crippen LogP contribution in [0.25, 0.3) is 0 Å². The Hall–Kier alpha value is -1.31. The Bertz CT molecular complexity index is 615. The molecule has 1 aromatic carbocycles. The van der Waals surface area contributed by atoms with E-state index in [0.717, 1.165) is 16.4 Å². The zero-order chi connectivity index (χ0) is 15.5. The highest BCUT2D eigenvalue weighted by atomic mass is 32.2. The zero-order valence-electron chi connectivity index (χ0n) is 11.7. The van der Waals surface area contributed by atoms with Crippen LogP contribution in [0.2, 0.25) is 0 Å². The molecule has 0 aliphatic carbocycles. The Morgan fingerprint density at radius 3 is 2.50 bits per heavy atom. The Kier molecular flexibility index (Phi) is 5.38. The van der Waals surface area contributed by atoms with E-state index in [2.05, 4.69) is 11.9 Å². The molecule has 0 aromatic heterocycles. The molecule has 0 fully saturated rings. The summed E-state index contributed by atoms with van der Waals surface area (Å²) in [6.07, 6.45) is 0. The summed E-state index contributed by atoms with van der Waals surface area (Å²) in [6, 6.07) is 1.89. The molecule has 1 rings (SSSR count). The molecule has 0 spiro atoms. The van der Waals surface area contributed by atoms with Gasteiger partial charge < -0.3 is 5.32 Å². The molecule has 0 amide bonds. The Morgan fingerprint density at radius 1 is 1.40 bits per heavy atom. The molecule has 0 heterocycles. The average molecular weight is 304 g/mol. The van der Waals surface area contributed by atoms with Gasteiger partial charge in [-0.25, -0.2) is 17.2 Å². The second kappa shape index (κ2) is 6.43. The Morgan fingerprint density at radius 2 is 2.00 bits per heavy atom. The number of sulfonamides is 1. The van der Waals surface area contributed by atoms with Gasteiger partial charge in [0, 0.05) is 25.7 Å². The summed E-state index contributed by atoms with van der Waals surface area (Å²) in [7, 11) is -1.17. The van der Waals surface area contributed by atoms with Crippen LogP contribution in [-0.4, -0.2) is 33.4 Å². The van der Waals surface area contributed by atoms with Crippen molar-refractivity contribution in [3.63, 3.8) is 0 Å².